The molecule has 3 fully saturated rings. The number of hydrogen-bond acceptors (Lipinski definition) is 7. The van der Waals surface area contributed by atoms with Crippen molar-refractivity contribution in [3.05, 3.63) is 11.1 Å². The maximum Gasteiger partial charge on any atom is 0.434 e. The Labute approximate surface area is 203 Å². The summed E-state index contributed by atoms with van der Waals surface area (Å²) in [6, 6.07) is 0.481. The fourth-order valence-electron chi connectivity index (χ4n) is 5.58. The van der Waals surface area contributed by atoms with Crippen LogP contribution in [0.4, 0.5) is 18.3 Å². The summed E-state index contributed by atoms with van der Waals surface area (Å²) < 4.78 is 49.8. The monoisotopic (exact) mass is 504 g/mol. The minimum absolute atomic E-state index is 0.0234. The van der Waals surface area contributed by atoms with Gasteiger partial charge < -0.3 is 24.6 Å². The van der Waals surface area contributed by atoms with E-state index in [2.05, 4.69) is 24.1 Å². The van der Waals surface area contributed by atoms with E-state index in [1.807, 2.05) is 9.80 Å². The second kappa shape index (κ2) is 10.3. The lowest BCUT2D eigenvalue weighted by atomic mass is 9.74. The van der Waals surface area contributed by atoms with Gasteiger partial charge in [0.15, 0.2) is 10.8 Å². The predicted molar refractivity (Wildman–Crippen MR) is 124 cm³/mol. The molecule has 1 N–H and O–H groups in total. The van der Waals surface area contributed by atoms with Crippen molar-refractivity contribution in [3.8, 4) is 0 Å². The Balaban J connectivity index is 1.37. The minimum atomic E-state index is -4.43. The molecule has 1 aromatic rings. The number of alkyl halides is 3. The van der Waals surface area contributed by atoms with Gasteiger partial charge in [-0.1, -0.05) is 13.8 Å². The number of aromatic nitrogens is 1. The predicted octanol–water partition coefficient (Wildman–Crippen LogP) is 3.40. The Morgan fingerprint density at radius 3 is 2.65 bits per heavy atom. The molecule has 3 heterocycles. The highest BCUT2D eigenvalue weighted by Gasteiger charge is 2.50. The normalized spacial score (nSPS) is 30.9. The third-order valence-electron chi connectivity index (χ3n) is 7.76. The van der Waals surface area contributed by atoms with E-state index in [9.17, 15) is 18.0 Å². The zero-order chi connectivity index (χ0) is 24.5. The average molecular weight is 505 g/mol. The van der Waals surface area contributed by atoms with E-state index in [0.29, 0.717) is 44.5 Å². The summed E-state index contributed by atoms with van der Waals surface area (Å²) >= 11 is 1.00. The van der Waals surface area contributed by atoms with Crippen LogP contribution in [0.2, 0.25) is 0 Å². The van der Waals surface area contributed by atoms with Gasteiger partial charge in [-0.05, 0) is 31.6 Å². The Bertz CT molecular complexity index is 844. The van der Waals surface area contributed by atoms with E-state index in [0.717, 1.165) is 42.4 Å². The van der Waals surface area contributed by atoms with Crippen molar-refractivity contribution in [1.82, 2.24) is 15.2 Å². The highest BCUT2D eigenvalue weighted by atomic mass is 32.1. The number of rotatable bonds is 6. The molecular weight excluding hydrogens is 469 g/mol. The number of carbonyl (C=O) groups is 1. The van der Waals surface area contributed by atoms with Gasteiger partial charge in [0.05, 0.1) is 18.1 Å². The largest absolute Gasteiger partial charge is 0.434 e. The van der Waals surface area contributed by atoms with E-state index < -0.39 is 17.3 Å². The molecule has 3 aliphatic rings. The van der Waals surface area contributed by atoms with Crippen LogP contribution >= 0.6 is 11.3 Å². The first-order valence-corrected chi connectivity index (χ1v) is 13.0. The minimum Gasteiger partial charge on any atom is -0.379 e. The standard InChI is InChI=1S/C23H35F3N4O3S/c1-15(2)22(6-4-16(12-22)27-17-5-11-33-13-18(17)32-3)20(31)29-7-9-30(10-8-29)21-28-19(14-34-21)23(24,25)26/h14-18,27H,4-13H2,1-3H3/t16-,17+,18-,22+/m1/s1. The van der Waals surface area contributed by atoms with Crippen LogP contribution in [0.5, 0.6) is 0 Å². The van der Waals surface area contributed by atoms with Gasteiger partial charge in [0.1, 0.15) is 0 Å². The van der Waals surface area contributed by atoms with Crippen molar-refractivity contribution < 1.29 is 27.4 Å². The van der Waals surface area contributed by atoms with Gasteiger partial charge in [-0.15, -0.1) is 11.3 Å². The fourth-order valence-corrected chi connectivity index (χ4v) is 6.46. The topological polar surface area (TPSA) is 66.9 Å². The van der Waals surface area contributed by atoms with Crippen molar-refractivity contribution in [3.63, 3.8) is 0 Å². The maximum atomic E-state index is 13.8. The number of anilines is 1. The molecule has 1 aromatic heterocycles. The number of thiazole rings is 1. The summed E-state index contributed by atoms with van der Waals surface area (Å²) in [7, 11) is 1.71. The first kappa shape index (κ1) is 25.7. The molecule has 0 bridgehead atoms. The van der Waals surface area contributed by atoms with Gasteiger partial charge >= 0.3 is 6.18 Å². The summed E-state index contributed by atoms with van der Waals surface area (Å²) in [5.41, 5.74) is -1.27. The highest BCUT2D eigenvalue weighted by Crippen LogP contribution is 2.46. The molecule has 1 saturated carbocycles. The van der Waals surface area contributed by atoms with Gasteiger partial charge in [0, 0.05) is 57.4 Å². The van der Waals surface area contributed by atoms with Crippen LogP contribution < -0.4 is 10.2 Å². The van der Waals surface area contributed by atoms with Crippen LogP contribution in [-0.4, -0.2) is 80.5 Å². The third-order valence-corrected chi connectivity index (χ3v) is 8.66. The molecule has 0 spiro atoms. The van der Waals surface area contributed by atoms with Gasteiger partial charge in [-0.25, -0.2) is 4.98 Å². The second-order valence-corrected chi connectivity index (χ2v) is 10.8. The molecule has 0 aromatic carbocycles. The molecule has 34 heavy (non-hydrogen) atoms. The number of halogens is 3. The van der Waals surface area contributed by atoms with Crippen molar-refractivity contribution >= 4 is 22.4 Å². The van der Waals surface area contributed by atoms with Crippen LogP contribution in [0, 0.1) is 11.3 Å². The van der Waals surface area contributed by atoms with E-state index in [-0.39, 0.29) is 30.0 Å². The van der Waals surface area contributed by atoms with Crippen LogP contribution in [0.1, 0.15) is 45.2 Å². The highest BCUT2D eigenvalue weighted by molar-refractivity contribution is 7.13. The Morgan fingerprint density at radius 1 is 1.29 bits per heavy atom. The molecule has 1 amide bonds. The summed E-state index contributed by atoms with van der Waals surface area (Å²) in [5.74, 6) is 0.378. The number of amides is 1. The zero-order valence-electron chi connectivity index (χ0n) is 20.1. The van der Waals surface area contributed by atoms with Gasteiger partial charge in [0.25, 0.3) is 0 Å². The molecule has 2 aliphatic heterocycles. The second-order valence-electron chi connectivity index (χ2n) is 9.95. The molecule has 1 aliphatic carbocycles. The molecule has 4 atom stereocenters. The number of methoxy groups -OCH3 is 1. The van der Waals surface area contributed by atoms with Gasteiger partial charge in [-0.3, -0.25) is 4.79 Å². The number of nitrogens with zero attached hydrogens (tertiary/aromatic N) is 3. The first-order chi connectivity index (χ1) is 16.1. The van der Waals surface area contributed by atoms with Crippen molar-refractivity contribution in [2.45, 2.75) is 63.9 Å². The van der Waals surface area contributed by atoms with Crippen LogP contribution in [-0.2, 0) is 20.4 Å². The maximum absolute atomic E-state index is 13.8. The molecule has 2 saturated heterocycles. The lowest BCUT2D eigenvalue weighted by Crippen LogP contribution is -2.55. The first-order valence-electron chi connectivity index (χ1n) is 12.1. The number of nitrogens with one attached hydrogen (secondary N) is 1. The van der Waals surface area contributed by atoms with Gasteiger partial charge in [0.2, 0.25) is 5.91 Å². The van der Waals surface area contributed by atoms with E-state index in [4.69, 9.17) is 9.47 Å². The van der Waals surface area contributed by atoms with Crippen LogP contribution in [0.25, 0.3) is 0 Å². The number of piperazine rings is 1. The van der Waals surface area contributed by atoms with Crippen molar-refractivity contribution in [2.75, 3.05) is 51.4 Å². The summed E-state index contributed by atoms with van der Waals surface area (Å²) in [6.45, 7) is 7.52. The van der Waals surface area contributed by atoms with E-state index in [1.165, 1.54) is 0 Å². The Hall–Kier alpha value is -1.43. The van der Waals surface area contributed by atoms with E-state index >= 15 is 0 Å². The smallest absolute Gasteiger partial charge is 0.379 e. The summed E-state index contributed by atoms with van der Waals surface area (Å²) in [6.07, 6.45) is -0.946. The molecular formula is C23H35F3N4O3S. The Morgan fingerprint density at radius 2 is 2.03 bits per heavy atom. The quantitative estimate of drug-likeness (QED) is 0.641. The molecule has 0 radical (unpaired) electrons. The lowest BCUT2D eigenvalue weighted by Gasteiger charge is -2.42. The number of ether oxygens (including phenoxy) is 2. The summed E-state index contributed by atoms with van der Waals surface area (Å²) in [4.78, 5) is 21.3. The van der Waals surface area contributed by atoms with Crippen LogP contribution in [0.15, 0.2) is 5.38 Å². The third kappa shape index (κ3) is 5.22. The fraction of sp³-hybridized carbons (Fsp3) is 0.826. The number of hydrogen-bond donors (Lipinski definition) is 1. The zero-order valence-corrected chi connectivity index (χ0v) is 20.9. The lowest BCUT2D eigenvalue weighted by molar-refractivity contribution is -0.145. The van der Waals surface area contributed by atoms with Crippen molar-refractivity contribution in [1.29, 1.82) is 0 Å². The molecule has 0 unspecified atom stereocenters. The number of carbonyl (C=O) groups excluding carboxylic acids is 1. The SMILES string of the molecule is CO[C@@H]1COCC[C@@H]1N[C@@H]1CC[C@@](C(=O)N2CCN(c3nc(C(F)(F)F)cs3)CC2)(C(C)C)C1. The van der Waals surface area contributed by atoms with E-state index in [1.54, 1.807) is 7.11 Å². The molecule has 7 nitrogen and oxygen atoms in total. The molecule has 192 valence electrons. The summed E-state index contributed by atoms with van der Waals surface area (Å²) in [5, 5.41) is 5.17. The van der Waals surface area contributed by atoms with Crippen LogP contribution in [0.3, 0.4) is 0 Å². The Kier molecular flexibility index (Phi) is 7.76. The molecule has 4 rings (SSSR count). The average Bonchev–Trinajstić information content (AvgIpc) is 3.48. The van der Waals surface area contributed by atoms with Crippen molar-refractivity contribution in [2.24, 2.45) is 11.3 Å². The van der Waals surface area contributed by atoms with Gasteiger partial charge in [-0.2, -0.15) is 13.2 Å². The molecule has 11 heteroatoms.